The van der Waals surface area contributed by atoms with E-state index in [1.54, 1.807) is 0 Å². The van der Waals surface area contributed by atoms with E-state index in [2.05, 4.69) is 5.32 Å². The monoisotopic (exact) mass is 189 g/mol. The van der Waals surface area contributed by atoms with E-state index >= 15 is 0 Å². The lowest BCUT2D eigenvalue weighted by molar-refractivity contribution is 0.533. The topological polar surface area (TPSA) is 18.5 Å². The van der Waals surface area contributed by atoms with Gasteiger partial charge in [0, 0.05) is 27.2 Å². The highest BCUT2D eigenvalue weighted by Crippen LogP contribution is 2.00. The van der Waals surface area contributed by atoms with Crippen molar-refractivity contribution >= 4 is 34.7 Å². The molecular weight excluding hydrogens is 178 g/mol. The first-order valence-corrected chi connectivity index (χ1v) is 4.21. The summed E-state index contributed by atoms with van der Waals surface area (Å²) in [5.41, 5.74) is 0. The molecule has 0 aromatic heterocycles. The molecule has 1 N–H and O–H groups in total. The first-order valence-electron chi connectivity index (χ1n) is 3.39. The molecule has 0 spiro atoms. The lowest BCUT2D eigenvalue weighted by Crippen LogP contribution is -2.40. The molecule has 1 rings (SSSR count). The number of nitrogens with one attached hydrogen (secondary N) is 1. The van der Waals surface area contributed by atoms with Crippen LogP contribution in [-0.4, -0.2) is 47.2 Å². The summed E-state index contributed by atoms with van der Waals surface area (Å²) in [7, 11) is 3.84. The Kier molecular flexibility index (Phi) is 2.62. The van der Waals surface area contributed by atoms with Crippen molar-refractivity contribution in [2.75, 3.05) is 27.2 Å². The van der Waals surface area contributed by atoms with Crippen LogP contribution in [0.4, 0.5) is 0 Å². The van der Waals surface area contributed by atoms with Gasteiger partial charge in [0.2, 0.25) is 0 Å². The van der Waals surface area contributed by atoms with Crippen molar-refractivity contribution in [1.29, 1.82) is 0 Å². The molecule has 1 aliphatic rings. The van der Waals surface area contributed by atoms with Gasteiger partial charge in [0.05, 0.1) is 0 Å². The van der Waals surface area contributed by atoms with Crippen LogP contribution in [0.3, 0.4) is 0 Å². The minimum Gasteiger partial charge on any atom is -0.360 e. The maximum absolute atomic E-state index is 5.14. The van der Waals surface area contributed by atoms with Gasteiger partial charge in [-0.05, 0) is 24.4 Å². The summed E-state index contributed by atoms with van der Waals surface area (Å²) >= 11 is 10.2. The van der Waals surface area contributed by atoms with Crippen LogP contribution in [0.15, 0.2) is 0 Å². The summed E-state index contributed by atoms with van der Waals surface area (Å²) in [6.45, 7) is 1.78. The van der Waals surface area contributed by atoms with Gasteiger partial charge in [-0.3, -0.25) is 4.90 Å². The zero-order valence-electron chi connectivity index (χ0n) is 6.63. The predicted octanol–water partition coefficient (Wildman–Crippen LogP) is 0.0230. The number of hydrogen-bond donors (Lipinski definition) is 1. The fraction of sp³-hybridized carbons (Fsp3) is 0.667. The third-order valence-electron chi connectivity index (χ3n) is 1.47. The van der Waals surface area contributed by atoms with Gasteiger partial charge in [0.15, 0.2) is 10.2 Å². The highest BCUT2D eigenvalue weighted by Gasteiger charge is 2.20. The highest BCUT2D eigenvalue weighted by molar-refractivity contribution is 7.81. The first-order chi connectivity index (χ1) is 5.13. The number of nitrogens with zero attached hydrogens (tertiary/aromatic N) is 2. The van der Waals surface area contributed by atoms with Crippen LogP contribution < -0.4 is 5.32 Å². The molecule has 0 radical (unpaired) electrons. The molecule has 0 bridgehead atoms. The molecule has 0 aromatic rings. The maximum Gasteiger partial charge on any atom is 0.177 e. The Bertz CT molecular complexity index is 190. The van der Waals surface area contributed by atoms with Crippen molar-refractivity contribution < 1.29 is 0 Å². The van der Waals surface area contributed by atoms with Crippen LogP contribution in [0.2, 0.25) is 0 Å². The Morgan fingerprint density at radius 1 is 1.64 bits per heavy atom. The van der Waals surface area contributed by atoms with Gasteiger partial charge in [0.1, 0.15) is 0 Å². The van der Waals surface area contributed by atoms with Crippen molar-refractivity contribution in [3.05, 3.63) is 0 Å². The maximum atomic E-state index is 5.14. The zero-order valence-corrected chi connectivity index (χ0v) is 8.26. The van der Waals surface area contributed by atoms with E-state index in [9.17, 15) is 0 Å². The van der Waals surface area contributed by atoms with Gasteiger partial charge in [-0.25, -0.2) is 0 Å². The standard InChI is InChI=1S/C6H11N3S2/c1-8(2)6(11)9-4-3-7-5(9)10/h3-4H2,1-2H3,(H,7,10). The van der Waals surface area contributed by atoms with Crippen LogP contribution in [0.25, 0.3) is 0 Å². The normalized spacial score (nSPS) is 16.5. The van der Waals surface area contributed by atoms with Gasteiger partial charge in [0.25, 0.3) is 0 Å². The van der Waals surface area contributed by atoms with E-state index in [-0.39, 0.29) is 0 Å². The van der Waals surface area contributed by atoms with Crippen LogP contribution >= 0.6 is 24.4 Å². The molecule has 0 amide bonds. The van der Waals surface area contributed by atoms with E-state index in [1.807, 2.05) is 23.9 Å². The Balaban J connectivity index is 2.60. The van der Waals surface area contributed by atoms with Gasteiger partial charge in [-0.15, -0.1) is 0 Å². The molecule has 62 valence electrons. The van der Waals surface area contributed by atoms with Crippen molar-refractivity contribution in [2.45, 2.75) is 0 Å². The summed E-state index contributed by atoms with van der Waals surface area (Å²) in [5, 5.41) is 4.57. The van der Waals surface area contributed by atoms with Gasteiger partial charge in [-0.2, -0.15) is 0 Å². The third-order valence-corrected chi connectivity index (χ3v) is 2.42. The lowest BCUT2D eigenvalue weighted by atomic mass is 10.6. The minimum atomic E-state index is 0.740. The molecule has 0 aromatic carbocycles. The summed E-state index contributed by atoms with van der Waals surface area (Å²) in [5.74, 6) is 0. The highest BCUT2D eigenvalue weighted by atomic mass is 32.1. The van der Waals surface area contributed by atoms with E-state index in [1.165, 1.54) is 0 Å². The second kappa shape index (κ2) is 3.32. The minimum absolute atomic E-state index is 0.740. The van der Waals surface area contributed by atoms with Crippen molar-refractivity contribution in [3.8, 4) is 0 Å². The van der Waals surface area contributed by atoms with E-state index in [4.69, 9.17) is 24.4 Å². The summed E-state index contributed by atoms with van der Waals surface area (Å²) in [6.07, 6.45) is 0. The van der Waals surface area contributed by atoms with Crippen LogP contribution in [-0.2, 0) is 0 Å². The summed E-state index contributed by atoms with van der Waals surface area (Å²) in [4.78, 5) is 3.80. The molecule has 3 nitrogen and oxygen atoms in total. The SMILES string of the molecule is CN(C)C(=S)N1CCNC1=S. The molecule has 0 atom stereocenters. The molecule has 1 aliphatic heterocycles. The summed E-state index contributed by atoms with van der Waals surface area (Å²) < 4.78 is 0. The molecule has 0 aliphatic carbocycles. The van der Waals surface area contributed by atoms with Crippen LogP contribution in [0.5, 0.6) is 0 Å². The van der Waals surface area contributed by atoms with Gasteiger partial charge in [-0.1, -0.05) is 0 Å². The summed E-state index contributed by atoms with van der Waals surface area (Å²) in [6, 6.07) is 0. The molecule has 11 heavy (non-hydrogen) atoms. The second-order valence-corrected chi connectivity index (χ2v) is 3.31. The number of rotatable bonds is 0. The van der Waals surface area contributed by atoms with Gasteiger partial charge < -0.3 is 10.2 Å². The van der Waals surface area contributed by atoms with E-state index in [0.717, 1.165) is 23.3 Å². The van der Waals surface area contributed by atoms with E-state index in [0.29, 0.717) is 0 Å². The van der Waals surface area contributed by atoms with Crippen molar-refractivity contribution in [3.63, 3.8) is 0 Å². The van der Waals surface area contributed by atoms with Crippen molar-refractivity contribution in [1.82, 2.24) is 15.1 Å². The average Bonchev–Trinajstić information content (AvgIpc) is 2.33. The quantitative estimate of drug-likeness (QED) is 0.540. The number of hydrogen-bond acceptors (Lipinski definition) is 2. The smallest absolute Gasteiger partial charge is 0.177 e. The third kappa shape index (κ3) is 1.78. The fourth-order valence-electron chi connectivity index (χ4n) is 0.896. The molecule has 1 heterocycles. The molecule has 1 fully saturated rings. The molecular formula is C6H11N3S2. The van der Waals surface area contributed by atoms with E-state index < -0.39 is 0 Å². The van der Waals surface area contributed by atoms with Crippen LogP contribution in [0.1, 0.15) is 0 Å². The predicted molar refractivity (Wildman–Crippen MR) is 53.6 cm³/mol. The fourth-order valence-corrected chi connectivity index (χ4v) is 1.42. The lowest BCUT2D eigenvalue weighted by Gasteiger charge is -2.23. The molecule has 0 saturated carbocycles. The Morgan fingerprint density at radius 3 is 2.64 bits per heavy atom. The Hall–Kier alpha value is -0.420. The largest absolute Gasteiger partial charge is 0.360 e. The molecule has 1 saturated heterocycles. The van der Waals surface area contributed by atoms with Gasteiger partial charge >= 0.3 is 0 Å². The number of thiocarbonyl (C=S) groups is 2. The Morgan fingerprint density at radius 2 is 2.27 bits per heavy atom. The van der Waals surface area contributed by atoms with Crippen LogP contribution in [0, 0.1) is 0 Å². The molecule has 5 heteroatoms. The van der Waals surface area contributed by atoms with Crippen molar-refractivity contribution in [2.24, 2.45) is 0 Å². The second-order valence-electron chi connectivity index (χ2n) is 2.56. The molecule has 0 unspecified atom stereocenters. The first kappa shape index (κ1) is 8.67. The average molecular weight is 189 g/mol. The Labute approximate surface area is 77.3 Å². The zero-order chi connectivity index (χ0) is 8.43.